The molecule has 0 unspecified atom stereocenters. The molecule has 0 spiro atoms. The average Bonchev–Trinajstić information content (AvgIpc) is 3.67. The van der Waals surface area contributed by atoms with Crippen LogP contribution in [-0.2, 0) is 12.6 Å². The number of fused-ring (bicyclic) bond motifs is 3. The van der Waals surface area contributed by atoms with Gasteiger partial charge < -0.3 is 20.1 Å². The van der Waals surface area contributed by atoms with Gasteiger partial charge in [-0.05, 0) is 75.3 Å². The second kappa shape index (κ2) is 14.6. The van der Waals surface area contributed by atoms with E-state index in [4.69, 9.17) is 30.8 Å². The molecule has 2 saturated heterocycles. The molecule has 9 rings (SSSR count). The van der Waals surface area contributed by atoms with Crippen LogP contribution in [0.3, 0.4) is 0 Å². The van der Waals surface area contributed by atoms with Crippen molar-refractivity contribution in [3.05, 3.63) is 71.3 Å². The fraction of sp³-hybridized carbons (Fsp3) is 0.452. The predicted octanol–water partition coefficient (Wildman–Crippen LogP) is 7.48. The molecule has 5 aromatic rings. The third kappa shape index (κ3) is 6.96. The first-order valence-corrected chi connectivity index (χ1v) is 19.6. The number of halogens is 5. The number of ether oxygens (including phenoxy) is 2. The smallest absolute Gasteiger partial charge is 0.451 e. The standard InChI is InChI=1S/C42H41F5N8O2/c1-3-25-20-49-38-34-30(12-10-24-19-31(24)50-25)51-36(28-8-5-7-23-9-11-29(43)27(4-2)33(23)28)35(44)37(34)53-40(54-38)57-22-41-15-6-18-55(41)26(13-16-41)21-56-32-14-17-48-39(52-32)42(45,46)47/h2,5,7-9,11,14,17,24-26,31,50H,3,6,10,12-13,15-16,18-22H2,1H3,(H,49,53,54)/t24-,25+,26-,31-,41-/m0/s1. The van der Waals surface area contributed by atoms with E-state index in [-0.39, 0.29) is 54.0 Å². The van der Waals surface area contributed by atoms with E-state index >= 15 is 8.78 Å². The van der Waals surface area contributed by atoms with Crippen molar-refractivity contribution in [3.63, 3.8) is 0 Å². The van der Waals surface area contributed by atoms with E-state index in [2.05, 4.69) is 38.3 Å². The fourth-order valence-electron chi connectivity index (χ4n) is 9.13. The van der Waals surface area contributed by atoms with Gasteiger partial charge in [0.25, 0.3) is 0 Å². The Morgan fingerprint density at radius 3 is 2.72 bits per heavy atom. The van der Waals surface area contributed by atoms with Crippen LogP contribution in [0.25, 0.3) is 32.9 Å². The van der Waals surface area contributed by atoms with E-state index in [1.165, 1.54) is 12.1 Å². The van der Waals surface area contributed by atoms with E-state index in [1.807, 2.05) is 0 Å². The summed E-state index contributed by atoms with van der Waals surface area (Å²) in [7, 11) is 0. The molecule has 0 radical (unpaired) electrons. The summed E-state index contributed by atoms with van der Waals surface area (Å²) in [6.07, 6.45) is 8.70. The highest BCUT2D eigenvalue weighted by atomic mass is 19.4. The molecule has 5 atom stereocenters. The molecule has 1 saturated carbocycles. The average molecular weight is 785 g/mol. The summed E-state index contributed by atoms with van der Waals surface area (Å²) in [5.74, 6) is 0.696. The Balaban J connectivity index is 1.07. The second-order valence-electron chi connectivity index (χ2n) is 15.6. The van der Waals surface area contributed by atoms with Gasteiger partial charge in [0.1, 0.15) is 36.1 Å². The van der Waals surface area contributed by atoms with Crippen molar-refractivity contribution < 1.29 is 31.4 Å². The number of pyridine rings is 1. The Labute approximate surface area is 326 Å². The molecule has 2 N–H and O–H groups in total. The molecule has 1 aliphatic carbocycles. The summed E-state index contributed by atoms with van der Waals surface area (Å²) in [4.78, 5) is 23.7. The van der Waals surface area contributed by atoms with E-state index in [9.17, 15) is 13.2 Å². The van der Waals surface area contributed by atoms with E-state index < -0.39 is 29.2 Å². The Morgan fingerprint density at radius 2 is 1.89 bits per heavy atom. The summed E-state index contributed by atoms with van der Waals surface area (Å²) in [5.41, 5.74) is 0.717. The molecule has 0 bridgehead atoms. The van der Waals surface area contributed by atoms with Gasteiger partial charge in [-0.2, -0.15) is 28.1 Å². The van der Waals surface area contributed by atoms with Gasteiger partial charge in [0.05, 0.1) is 22.2 Å². The molecule has 296 valence electrons. The highest BCUT2D eigenvalue weighted by molar-refractivity contribution is 6.02. The van der Waals surface area contributed by atoms with Crippen LogP contribution in [0.4, 0.5) is 27.8 Å². The monoisotopic (exact) mass is 784 g/mol. The van der Waals surface area contributed by atoms with Crippen LogP contribution in [0.5, 0.6) is 11.9 Å². The molecular formula is C42H41F5N8O2. The third-order valence-electron chi connectivity index (χ3n) is 12.2. The summed E-state index contributed by atoms with van der Waals surface area (Å²) in [6, 6.07) is 10.0. The first-order valence-electron chi connectivity index (χ1n) is 19.6. The lowest BCUT2D eigenvalue weighted by Crippen LogP contribution is -2.48. The number of terminal acetylenes is 1. The van der Waals surface area contributed by atoms with Gasteiger partial charge in [0.15, 0.2) is 5.82 Å². The fourth-order valence-corrected chi connectivity index (χ4v) is 9.13. The molecular weight excluding hydrogens is 744 g/mol. The van der Waals surface area contributed by atoms with Crippen molar-refractivity contribution in [2.24, 2.45) is 5.92 Å². The maximum absolute atomic E-state index is 17.3. The van der Waals surface area contributed by atoms with Crippen LogP contribution >= 0.6 is 0 Å². The van der Waals surface area contributed by atoms with Crippen molar-refractivity contribution in [1.82, 2.24) is 35.1 Å². The zero-order chi connectivity index (χ0) is 39.5. The minimum Gasteiger partial charge on any atom is -0.476 e. The number of hydrogen-bond acceptors (Lipinski definition) is 10. The normalized spacial score (nSPS) is 24.6. The Bertz CT molecular complexity index is 2410. The van der Waals surface area contributed by atoms with Crippen molar-refractivity contribution in [1.29, 1.82) is 0 Å². The molecule has 3 aliphatic heterocycles. The van der Waals surface area contributed by atoms with E-state index in [0.29, 0.717) is 58.2 Å². The first-order chi connectivity index (χ1) is 27.5. The van der Waals surface area contributed by atoms with E-state index in [1.54, 1.807) is 24.3 Å². The van der Waals surface area contributed by atoms with Crippen LogP contribution in [0.2, 0.25) is 0 Å². The maximum atomic E-state index is 17.3. The quantitative estimate of drug-likeness (QED) is 0.121. The molecule has 10 nitrogen and oxygen atoms in total. The first kappa shape index (κ1) is 37.4. The lowest BCUT2D eigenvalue weighted by atomic mass is 9.95. The summed E-state index contributed by atoms with van der Waals surface area (Å²) < 4.78 is 84.2. The van der Waals surface area contributed by atoms with Crippen LogP contribution < -0.4 is 20.1 Å². The van der Waals surface area contributed by atoms with Gasteiger partial charge in [0.2, 0.25) is 11.7 Å². The Morgan fingerprint density at radius 1 is 1.02 bits per heavy atom. The molecule has 57 heavy (non-hydrogen) atoms. The lowest BCUT2D eigenvalue weighted by molar-refractivity contribution is -0.145. The number of rotatable bonds is 8. The molecule has 3 aromatic heterocycles. The van der Waals surface area contributed by atoms with Crippen molar-refractivity contribution in [2.75, 3.05) is 31.6 Å². The lowest BCUT2D eigenvalue weighted by Gasteiger charge is -2.34. The Hall–Kier alpha value is -5.20. The summed E-state index contributed by atoms with van der Waals surface area (Å²) in [5, 5.41) is 8.79. The van der Waals surface area contributed by atoms with Gasteiger partial charge >= 0.3 is 12.2 Å². The number of aryl methyl sites for hydroxylation is 1. The molecule has 2 aromatic carbocycles. The van der Waals surface area contributed by atoms with Crippen LogP contribution in [0.15, 0.2) is 42.6 Å². The molecule has 0 amide bonds. The number of anilines is 1. The second-order valence-corrected chi connectivity index (χ2v) is 15.6. The zero-order valence-corrected chi connectivity index (χ0v) is 31.3. The highest BCUT2D eigenvalue weighted by Crippen LogP contribution is 2.44. The summed E-state index contributed by atoms with van der Waals surface area (Å²) in [6.45, 7) is 3.78. The highest BCUT2D eigenvalue weighted by Gasteiger charge is 2.50. The molecule has 6 heterocycles. The molecule has 15 heteroatoms. The number of hydrogen-bond donors (Lipinski definition) is 2. The van der Waals surface area contributed by atoms with E-state index in [0.717, 1.165) is 57.7 Å². The minimum atomic E-state index is -4.68. The van der Waals surface area contributed by atoms with Gasteiger partial charge in [-0.25, -0.2) is 18.7 Å². The maximum Gasteiger partial charge on any atom is 0.451 e. The van der Waals surface area contributed by atoms with Crippen LogP contribution in [0.1, 0.15) is 69.0 Å². The van der Waals surface area contributed by atoms with Crippen LogP contribution in [0, 0.1) is 29.9 Å². The van der Waals surface area contributed by atoms with Crippen molar-refractivity contribution in [3.8, 4) is 35.5 Å². The SMILES string of the molecule is C#Cc1c(F)ccc2cccc(-c3nc4c5c(nc(OC[C@@]67CCCN6[C@H](COc6ccnc(C(F)(F)F)n6)CC7)nc5c3F)NC[C@@H](CC)N[C@H]3C[C@@H]3CC4)c12. The third-order valence-corrected chi connectivity index (χ3v) is 12.2. The van der Waals surface area contributed by atoms with Crippen LogP contribution in [-0.4, -0.2) is 79.8 Å². The molecule has 4 aliphatic rings. The summed E-state index contributed by atoms with van der Waals surface area (Å²) >= 11 is 0. The van der Waals surface area contributed by atoms with Gasteiger partial charge in [-0.3, -0.25) is 4.90 Å². The van der Waals surface area contributed by atoms with Gasteiger partial charge in [-0.15, -0.1) is 6.42 Å². The Kier molecular flexibility index (Phi) is 9.59. The van der Waals surface area contributed by atoms with Crippen molar-refractivity contribution in [2.45, 2.75) is 88.1 Å². The van der Waals surface area contributed by atoms with Crippen molar-refractivity contribution >= 4 is 27.5 Å². The molecule has 3 fully saturated rings. The number of benzene rings is 2. The van der Waals surface area contributed by atoms with Gasteiger partial charge in [-0.1, -0.05) is 37.1 Å². The number of nitrogens with one attached hydrogen (secondary N) is 2. The number of alkyl halides is 3. The predicted molar refractivity (Wildman–Crippen MR) is 204 cm³/mol. The number of aromatic nitrogens is 5. The topological polar surface area (TPSA) is 110 Å². The van der Waals surface area contributed by atoms with Gasteiger partial charge in [0, 0.05) is 47.9 Å². The number of nitrogens with zero attached hydrogens (tertiary/aromatic N) is 6. The zero-order valence-electron chi connectivity index (χ0n) is 31.3. The largest absolute Gasteiger partial charge is 0.476 e. The minimum absolute atomic E-state index is 0.000551.